The van der Waals surface area contributed by atoms with Crippen LogP contribution >= 0.6 is 0 Å². The third kappa shape index (κ3) is 2.46. The standard InChI is InChI=1S/C11H15N3O3/c1-7-5-8(6-7)12-11-9(14(15)16)3-4-10(13-11)17-2/h3-4,7-8H,5-6H2,1-2H3,(H,12,13). The molecule has 1 fully saturated rings. The van der Waals surface area contributed by atoms with Crippen molar-refractivity contribution in [2.75, 3.05) is 12.4 Å². The average Bonchev–Trinajstić information content (AvgIpc) is 2.26. The zero-order valence-electron chi connectivity index (χ0n) is 9.84. The van der Waals surface area contributed by atoms with Gasteiger partial charge in [-0.2, -0.15) is 4.98 Å². The van der Waals surface area contributed by atoms with Gasteiger partial charge in [0.15, 0.2) is 0 Å². The van der Waals surface area contributed by atoms with Crippen molar-refractivity contribution in [3.8, 4) is 5.88 Å². The fraction of sp³-hybridized carbons (Fsp3) is 0.545. The second-order valence-corrected chi connectivity index (χ2v) is 4.40. The molecule has 17 heavy (non-hydrogen) atoms. The number of methoxy groups -OCH3 is 1. The summed E-state index contributed by atoms with van der Waals surface area (Å²) in [5, 5.41) is 14.0. The highest BCUT2D eigenvalue weighted by atomic mass is 16.6. The molecular weight excluding hydrogens is 222 g/mol. The lowest BCUT2D eigenvalue weighted by molar-refractivity contribution is -0.384. The SMILES string of the molecule is COc1ccc([N+](=O)[O-])c(NC2CC(C)C2)n1. The molecule has 92 valence electrons. The Hall–Kier alpha value is -1.85. The van der Waals surface area contributed by atoms with Crippen molar-refractivity contribution in [1.29, 1.82) is 0 Å². The highest BCUT2D eigenvalue weighted by Gasteiger charge is 2.28. The molecule has 2 rings (SSSR count). The summed E-state index contributed by atoms with van der Waals surface area (Å²) >= 11 is 0. The molecule has 1 aliphatic carbocycles. The number of hydrogen-bond acceptors (Lipinski definition) is 5. The number of aromatic nitrogens is 1. The maximum atomic E-state index is 10.9. The Morgan fingerprint density at radius 2 is 2.24 bits per heavy atom. The van der Waals surface area contributed by atoms with Crippen molar-refractivity contribution in [3.63, 3.8) is 0 Å². The van der Waals surface area contributed by atoms with Gasteiger partial charge in [-0.25, -0.2) is 0 Å². The normalized spacial score (nSPS) is 22.7. The first-order chi connectivity index (χ1) is 8.10. The average molecular weight is 237 g/mol. The number of ether oxygens (including phenoxy) is 1. The summed E-state index contributed by atoms with van der Waals surface area (Å²) in [5.74, 6) is 1.36. The Kier molecular flexibility index (Phi) is 3.12. The Bertz CT molecular complexity index is 430. The van der Waals surface area contributed by atoms with E-state index >= 15 is 0 Å². The van der Waals surface area contributed by atoms with E-state index in [4.69, 9.17) is 4.74 Å². The van der Waals surface area contributed by atoms with Crippen LogP contribution in [0.25, 0.3) is 0 Å². The lowest BCUT2D eigenvalue weighted by atomic mass is 9.82. The van der Waals surface area contributed by atoms with Gasteiger partial charge in [0.05, 0.1) is 12.0 Å². The van der Waals surface area contributed by atoms with E-state index in [9.17, 15) is 10.1 Å². The zero-order chi connectivity index (χ0) is 12.4. The molecule has 1 saturated carbocycles. The quantitative estimate of drug-likeness (QED) is 0.641. The highest BCUT2D eigenvalue weighted by molar-refractivity contribution is 5.57. The summed E-state index contributed by atoms with van der Waals surface area (Å²) in [5.41, 5.74) is -0.00893. The third-order valence-corrected chi connectivity index (χ3v) is 2.97. The van der Waals surface area contributed by atoms with E-state index in [1.165, 1.54) is 19.2 Å². The molecular formula is C11H15N3O3. The van der Waals surface area contributed by atoms with Gasteiger partial charge in [0, 0.05) is 18.2 Å². The number of nitrogens with zero attached hydrogens (tertiary/aromatic N) is 2. The first kappa shape index (κ1) is 11.6. The van der Waals surface area contributed by atoms with Crippen LogP contribution in [0.4, 0.5) is 11.5 Å². The van der Waals surface area contributed by atoms with Crippen molar-refractivity contribution in [2.24, 2.45) is 5.92 Å². The van der Waals surface area contributed by atoms with Gasteiger partial charge >= 0.3 is 5.69 Å². The maximum absolute atomic E-state index is 10.9. The topological polar surface area (TPSA) is 77.3 Å². The maximum Gasteiger partial charge on any atom is 0.311 e. The molecule has 6 heteroatoms. The Labute approximate surface area is 99.2 Å². The molecule has 1 aromatic rings. The van der Waals surface area contributed by atoms with E-state index in [1.54, 1.807) is 0 Å². The summed E-state index contributed by atoms with van der Waals surface area (Å²) in [6, 6.07) is 3.19. The van der Waals surface area contributed by atoms with E-state index < -0.39 is 4.92 Å². The van der Waals surface area contributed by atoms with Crippen molar-refractivity contribution < 1.29 is 9.66 Å². The molecule has 0 saturated heterocycles. The minimum atomic E-state index is -0.434. The second kappa shape index (κ2) is 4.57. The van der Waals surface area contributed by atoms with Gasteiger partial charge in [-0.05, 0) is 18.8 Å². The molecule has 6 nitrogen and oxygen atoms in total. The number of hydrogen-bond donors (Lipinski definition) is 1. The molecule has 1 aromatic heterocycles. The van der Waals surface area contributed by atoms with Gasteiger partial charge in [0.1, 0.15) is 0 Å². The molecule has 1 aliphatic rings. The van der Waals surface area contributed by atoms with E-state index in [1.807, 2.05) is 0 Å². The number of rotatable bonds is 4. The van der Waals surface area contributed by atoms with E-state index in [0.717, 1.165) is 12.8 Å². The number of nitrogens with one attached hydrogen (secondary N) is 1. The monoisotopic (exact) mass is 237 g/mol. The summed E-state index contributed by atoms with van der Waals surface area (Å²) in [6.45, 7) is 2.16. The molecule has 0 unspecified atom stereocenters. The van der Waals surface area contributed by atoms with Crippen molar-refractivity contribution in [3.05, 3.63) is 22.2 Å². The Morgan fingerprint density at radius 3 is 2.76 bits per heavy atom. The van der Waals surface area contributed by atoms with Crippen LogP contribution in [0.1, 0.15) is 19.8 Å². The molecule has 0 bridgehead atoms. The molecule has 0 spiro atoms. The first-order valence-electron chi connectivity index (χ1n) is 5.56. The summed E-state index contributed by atoms with van der Waals surface area (Å²) in [4.78, 5) is 14.5. The number of nitro groups is 1. The van der Waals surface area contributed by atoms with Crippen molar-refractivity contribution >= 4 is 11.5 Å². The van der Waals surface area contributed by atoms with Crippen molar-refractivity contribution in [2.45, 2.75) is 25.8 Å². The number of pyridine rings is 1. The molecule has 0 aromatic carbocycles. The van der Waals surface area contributed by atoms with Crippen LogP contribution in [0.5, 0.6) is 5.88 Å². The smallest absolute Gasteiger partial charge is 0.311 e. The molecule has 0 amide bonds. The molecule has 0 radical (unpaired) electrons. The molecule has 1 N–H and O–H groups in total. The Morgan fingerprint density at radius 1 is 1.53 bits per heavy atom. The van der Waals surface area contributed by atoms with E-state index in [0.29, 0.717) is 17.6 Å². The van der Waals surface area contributed by atoms with Crippen molar-refractivity contribution in [1.82, 2.24) is 4.98 Å². The van der Waals surface area contributed by atoms with Gasteiger partial charge < -0.3 is 10.1 Å². The minimum absolute atomic E-state index is 0.00893. The first-order valence-corrected chi connectivity index (χ1v) is 5.56. The second-order valence-electron chi connectivity index (χ2n) is 4.40. The predicted octanol–water partition coefficient (Wildman–Crippen LogP) is 2.21. The number of anilines is 1. The zero-order valence-corrected chi connectivity index (χ0v) is 9.84. The Balaban J connectivity index is 2.19. The fourth-order valence-electron chi connectivity index (χ4n) is 2.01. The van der Waals surface area contributed by atoms with E-state index in [-0.39, 0.29) is 11.7 Å². The van der Waals surface area contributed by atoms with Gasteiger partial charge in [0.2, 0.25) is 11.7 Å². The lowest BCUT2D eigenvalue weighted by Gasteiger charge is -2.33. The van der Waals surface area contributed by atoms with Crippen LogP contribution in [0, 0.1) is 16.0 Å². The van der Waals surface area contributed by atoms with Gasteiger partial charge in [-0.1, -0.05) is 6.92 Å². The van der Waals surface area contributed by atoms with Crippen LogP contribution in [-0.2, 0) is 0 Å². The minimum Gasteiger partial charge on any atom is -0.481 e. The van der Waals surface area contributed by atoms with Crippen LogP contribution < -0.4 is 10.1 Å². The van der Waals surface area contributed by atoms with Gasteiger partial charge in [0.25, 0.3) is 0 Å². The lowest BCUT2D eigenvalue weighted by Crippen LogP contribution is -2.34. The summed E-state index contributed by atoms with van der Waals surface area (Å²) in [7, 11) is 1.49. The van der Waals surface area contributed by atoms with Crippen LogP contribution in [-0.4, -0.2) is 23.1 Å². The third-order valence-electron chi connectivity index (χ3n) is 2.97. The van der Waals surface area contributed by atoms with Crippen LogP contribution in [0.15, 0.2) is 12.1 Å². The van der Waals surface area contributed by atoms with Crippen LogP contribution in [0.2, 0.25) is 0 Å². The fourth-order valence-corrected chi connectivity index (χ4v) is 2.01. The molecule has 0 atom stereocenters. The van der Waals surface area contributed by atoms with E-state index in [2.05, 4.69) is 17.2 Å². The largest absolute Gasteiger partial charge is 0.481 e. The molecule has 0 aliphatic heterocycles. The summed E-state index contributed by atoms with van der Waals surface area (Å²) < 4.78 is 4.97. The van der Waals surface area contributed by atoms with Crippen LogP contribution in [0.3, 0.4) is 0 Å². The van der Waals surface area contributed by atoms with Gasteiger partial charge in [-0.15, -0.1) is 0 Å². The predicted molar refractivity (Wildman–Crippen MR) is 63.3 cm³/mol. The molecule has 1 heterocycles. The summed E-state index contributed by atoms with van der Waals surface area (Å²) in [6.07, 6.45) is 2.05. The van der Waals surface area contributed by atoms with Gasteiger partial charge in [-0.3, -0.25) is 10.1 Å². The highest BCUT2D eigenvalue weighted by Crippen LogP contribution is 2.32.